The molecule has 0 aromatic rings. The summed E-state index contributed by atoms with van der Waals surface area (Å²) in [7, 11) is 1.30. The van der Waals surface area contributed by atoms with Crippen molar-refractivity contribution in [2.24, 2.45) is 0 Å². The average Bonchev–Trinajstić information content (AvgIpc) is 2.81. The van der Waals surface area contributed by atoms with Crippen molar-refractivity contribution >= 4 is 13.7 Å². The van der Waals surface area contributed by atoms with E-state index in [0.29, 0.717) is 23.9 Å². The summed E-state index contributed by atoms with van der Waals surface area (Å²) in [6, 6.07) is -0.786. The fraction of sp³-hybridized carbons (Fsp3) is 0.964. The van der Waals surface area contributed by atoms with Crippen LogP contribution in [0.3, 0.4) is 0 Å². The Labute approximate surface area is 228 Å². The maximum Gasteiger partial charge on any atom is 0.268 e. The van der Waals surface area contributed by atoms with Crippen LogP contribution in [0.4, 0.5) is 0 Å². The number of nitrogens with zero attached hydrogens (tertiary/aromatic N) is 1. The number of hydrogen-bond donors (Lipinski definition) is 2. The summed E-state index contributed by atoms with van der Waals surface area (Å²) < 4.78 is 22.8. The highest BCUT2D eigenvalue weighted by molar-refractivity contribution is 7.45. The molecule has 0 radical (unpaired) electrons. The van der Waals surface area contributed by atoms with Crippen LogP contribution < -0.4 is 10.2 Å². The van der Waals surface area contributed by atoms with Crippen molar-refractivity contribution in [1.82, 2.24) is 5.32 Å². The first-order chi connectivity index (χ1) is 17.5. The molecule has 0 saturated carbocycles. The third-order valence-corrected chi connectivity index (χ3v) is 7.56. The molecule has 3 unspecified atom stereocenters. The van der Waals surface area contributed by atoms with Gasteiger partial charge in [-0.3, -0.25) is 9.36 Å². The summed E-state index contributed by atoms with van der Waals surface area (Å²) in [6.07, 6.45) is 17.2. The van der Waals surface area contributed by atoms with Crippen LogP contribution in [0.1, 0.15) is 123 Å². The molecule has 2 N–H and O–H groups in total. The fourth-order valence-corrected chi connectivity index (χ4v) is 4.82. The number of phosphoric ester groups is 1. The van der Waals surface area contributed by atoms with Crippen LogP contribution in [0.5, 0.6) is 0 Å². The molecule has 0 rings (SSSR count). The summed E-state index contributed by atoms with van der Waals surface area (Å²) in [4.78, 5) is 24.7. The molecule has 37 heavy (non-hydrogen) atoms. The van der Waals surface area contributed by atoms with Crippen LogP contribution in [0.15, 0.2) is 0 Å². The number of phosphoric acid groups is 1. The molecule has 0 aliphatic carbocycles. The quantitative estimate of drug-likeness (QED) is 0.0811. The Morgan fingerprint density at radius 2 is 1.32 bits per heavy atom. The fourth-order valence-electron chi connectivity index (χ4n) is 4.09. The van der Waals surface area contributed by atoms with Crippen molar-refractivity contribution < 1.29 is 32.9 Å². The molecule has 0 aliphatic heterocycles. The first kappa shape index (κ1) is 36.5. The lowest BCUT2D eigenvalue weighted by Crippen LogP contribution is -2.46. The minimum Gasteiger partial charge on any atom is -0.756 e. The summed E-state index contributed by atoms with van der Waals surface area (Å²) in [6.45, 7) is 4.55. The molecule has 0 spiro atoms. The smallest absolute Gasteiger partial charge is 0.268 e. The zero-order valence-electron chi connectivity index (χ0n) is 24.7. The third kappa shape index (κ3) is 24.3. The Kier molecular flexibility index (Phi) is 22.0. The van der Waals surface area contributed by atoms with E-state index in [4.69, 9.17) is 9.05 Å². The topological polar surface area (TPSA) is 108 Å². The standard InChI is InChI=1S/C28H59N2O6P/c1-6-8-10-12-13-14-15-16-17-18-20-22-28(32)29-26(27(31)21-19-11-9-7-2)25-36-37(33,34)35-24-23-30(3,4)5/h26-27,31H,6-25H2,1-5H3,(H-,29,32,33,34). The molecule has 9 heteroatoms. The first-order valence-electron chi connectivity index (χ1n) is 14.9. The van der Waals surface area contributed by atoms with Gasteiger partial charge in [0.15, 0.2) is 0 Å². The van der Waals surface area contributed by atoms with Crippen LogP contribution in [0.2, 0.25) is 0 Å². The van der Waals surface area contributed by atoms with Gasteiger partial charge in [-0.05, 0) is 12.8 Å². The van der Waals surface area contributed by atoms with Crippen molar-refractivity contribution in [1.29, 1.82) is 0 Å². The monoisotopic (exact) mass is 550 g/mol. The Balaban J connectivity index is 4.43. The van der Waals surface area contributed by atoms with E-state index in [-0.39, 0.29) is 19.1 Å². The summed E-state index contributed by atoms with van der Waals surface area (Å²) in [5.41, 5.74) is 0. The first-order valence-corrected chi connectivity index (χ1v) is 16.3. The largest absolute Gasteiger partial charge is 0.756 e. The average molecular weight is 551 g/mol. The highest BCUT2D eigenvalue weighted by atomic mass is 31.2. The SMILES string of the molecule is CCCCCCCCCCCCCC(=O)NC(COP(=O)([O-])OCC[N+](C)(C)C)C(O)CCCCCC. The predicted molar refractivity (Wildman–Crippen MR) is 150 cm³/mol. The number of quaternary nitrogens is 1. The molecule has 3 atom stereocenters. The van der Waals surface area contributed by atoms with Crippen molar-refractivity contribution in [3.8, 4) is 0 Å². The summed E-state index contributed by atoms with van der Waals surface area (Å²) >= 11 is 0. The number of likely N-dealkylation sites (N-methyl/N-ethyl adjacent to an activating group) is 1. The molecule has 1 amide bonds. The third-order valence-electron chi connectivity index (χ3n) is 6.60. The van der Waals surface area contributed by atoms with Gasteiger partial charge in [-0.2, -0.15) is 0 Å². The van der Waals surface area contributed by atoms with Crippen molar-refractivity contribution in [3.05, 3.63) is 0 Å². The molecule has 0 aliphatic rings. The van der Waals surface area contributed by atoms with E-state index in [1.54, 1.807) is 0 Å². The van der Waals surface area contributed by atoms with Gasteiger partial charge < -0.3 is 28.8 Å². The number of nitrogens with one attached hydrogen (secondary N) is 1. The number of hydrogen-bond acceptors (Lipinski definition) is 6. The lowest BCUT2D eigenvalue weighted by atomic mass is 10.0. The number of aliphatic hydroxyl groups excluding tert-OH is 1. The molecule has 0 fully saturated rings. The van der Waals surface area contributed by atoms with Gasteiger partial charge in [0.05, 0.1) is 39.9 Å². The second-order valence-electron chi connectivity index (χ2n) is 11.5. The van der Waals surface area contributed by atoms with Crippen LogP contribution >= 0.6 is 7.82 Å². The van der Waals surface area contributed by atoms with E-state index >= 15 is 0 Å². The maximum atomic E-state index is 12.5. The molecule has 0 saturated heterocycles. The Bertz CT molecular complexity index is 600. The van der Waals surface area contributed by atoms with Gasteiger partial charge in [-0.1, -0.05) is 104 Å². The molecule has 8 nitrogen and oxygen atoms in total. The van der Waals surface area contributed by atoms with Gasteiger partial charge in [0.25, 0.3) is 7.82 Å². The van der Waals surface area contributed by atoms with Gasteiger partial charge in [0, 0.05) is 6.42 Å². The van der Waals surface area contributed by atoms with Crippen molar-refractivity contribution in [2.45, 2.75) is 135 Å². The second kappa shape index (κ2) is 22.3. The van der Waals surface area contributed by atoms with E-state index in [2.05, 4.69) is 19.2 Å². The second-order valence-corrected chi connectivity index (χ2v) is 12.9. The van der Waals surface area contributed by atoms with Crippen LogP contribution in [0.25, 0.3) is 0 Å². The highest BCUT2D eigenvalue weighted by Crippen LogP contribution is 2.38. The number of amides is 1. The molecule has 222 valence electrons. The lowest BCUT2D eigenvalue weighted by Gasteiger charge is -2.30. The predicted octanol–water partition coefficient (Wildman–Crippen LogP) is 5.71. The zero-order chi connectivity index (χ0) is 28.0. The van der Waals surface area contributed by atoms with Crippen LogP contribution in [-0.2, 0) is 18.4 Å². The van der Waals surface area contributed by atoms with Gasteiger partial charge in [-0.25, -0.2) is 0 Å². The number of unbranched alkanes of at least 4 members (excludes halogenated alkanes) is 13. The van der Waals surface area contributed by atoms with E-state index in [1.165, 1.54) is 51.4 Å². The van der Waals surface area contributed by atoms with E-state index in [9.17, 15) is 19.4 Å². The normalized spacial score (nSPS) is 15.3. The molecule has 0 heterocycles. The maximum absolute atomic E-state index is 12.5. The minimum atomic E-state index is -4.52. The number of carbonyl (C=O) groups is 1. The van der Waals surface area contributed by atoms with Gasteiger partial charge in [-0.15, -0.1) is 0 Å². The summed E-state index contributed by atoms with van der Waals surface area (Å²) in [5, 5.41) is 13.5. The van der Waals surface area contributed by atoms with Gasteiger partial charge in [0.2, 0.25) is 5.91 Å². The van der Waals surface area contributed by atoms with Gasteiger partial charge in [0.1, 0.15) is 13.2 Å². The van der Waals surface area contributed by atoms with E-state index in [0.717, 1.165) is 44.9 Å². The molecule has 0 bridgehead atoms. The zero-order valence-corrected chi connectivity index (χ0v) is 25.6. The Hall–Kier alpha value is -0.500. The van der Waals surface area contributed by atoms with E-state index < -0.39 is 20.0 Å². The van der Waals surface area contributed by atoms with Crippen LogP contribution in [-0.4, -0.2) is 68.5 Å². The van der Waals surface area contributed by atoms with Gasteiger partial charge >= 0.3 is 0 Å². The minimum absolute atomic E-state index is 0.0136. The number of carbonyl (C=O) groups excluding carboxylic acids is 1. The lowest BCUT2D eigenvalue weighted by molar-refractivity contribution is -0.870. The molecule has 0 aromatic heterocycles. The van der Waals surface area contributed by atoms with Crippen LogP contribution in [0, 0.1) is 0 Å². The Morgan fingerprint density at radius 1 is 0.838 bits per heavy atom. The molecule has 0 aromatic carbocycles. The van der Waals surface area contributed by atoms with Crippen molar-refractivity contribution in [3.63, 3.8) is 0 Å². The Morgan fingerprint density at radius 3 is 1.84 bits per heavy atom. The summed E-state index contributed by atoms with van der Waals surface area (Å²) in [5.74, 6) is -0.177. The van der Waals surface area contributed by atoms with Crippen molar-refractivity contribution in [2.75, 3.05) is 40.9 Å². The van der Waals surface area contributed by atoms with E-state index in [1.807, 2.05) is 21.1 Å². The highest BCUT2D eigenvalue weighted by Gasteiger charge is 2.24. The number of rotatable bonds is 26. The number of aliphatic hydroxyl groups is 1. The molecular weight excluding hydrogens is 491 g/mol. The molecular formula is C28H59N2O6P.